The third kappa shape index (κ3) is 6.06. The molecular formula is C16H20F2IN3S. The number of rotatable bonds is 5. The minimum Gasteiger partial charge on any atom is -0.356 e. The maximum absolute atomic E-state index is 13.6. The number of nitrogens with one attached hydrogen (secondary N) is 1. The molecule has 0 saturated carbocycles. The predicted octanol–water partition coefficient (Wildman–Crippen LogP) is 3.89. The zero-order valence-electron chi connectivity index (χ0n) is 13.1. The summed E-state index contributed by atoms with van der Waals surface area (Å²) in [4.78, 5) is 6.20. The molecule has 0 unspecified atom stereocenters. The van der Waals surface area contributed by atoms with E-state index in [1.807, 2.05) is 17.3 Å². The van der Waals surface area contributed by atoms with Crippen LogP contribution in [0, 0.1) is 11.6 Å². The number of hydrogen-bond donors (Lipinski definition) is 1. The van der Waals surface area contributed by atoms with E-state index < -0.39 is 5.82 Å². The Bertz CT molecular complexity index is 632. The van der Waals surface area contributed by atoms with Crippen LogP contribution in [0.5, 0.6) is 0 Å². The van der Waals surface area contributed by atoms with Gasteiger partial charge in [-0.25, -0.2) is 8.78 Å². The molecule has 0 amide bonds. The van der Waals surface area contributed by atoms with Crippen LogP contribution < -0.4 is 5.32 Å². The van der Waals surface area contributed by atoms with Crippen LogP contribution in [-0.2, 0) is 13.0 Å². The van der Waals surface area contributed by atoms with Crippen molar-refractivity contribution >= 4 is 41.3 Å². The summed E-state index contributed by atoms with van der Waals surface area (Å²) < 4.78 is 26.7. The van der Waals surface area contributed by atoms with Gasteiger partial charge < -0.3 is 10.2 Å². The summed E-state index contributed by atoms with van der Waals surface area (Å²) in [6.07, 6.45) is 0.398. The summed E-state index contributed by atoms with van der Waals surface area (Å²) in [5.74, 6) is -0.0804. The molecule has 0 spiro atoms. The third-order valence-electron chi connectivity index (χ3n) is 3.26. The Labute approximate surface area is 156 Å². The highest BCUT2D eigenvalue weighted by molar-refractivity contribution is 14.0. The highest BCUT2D eigenvalue weighted by Crippen LogP contribution is 2.10. The maximum atomic E-state index is 13.6. The Kier molecular flexibility index (Phi) is 8.46. The zero-order chi connectivity index (χ0) is 15.9. The second kappa shape index (κ2) is 9.82. The fraction of sp³-hybridized carbons (Fsp3) is 0.312. The molecule has 1 aromatic carbocycles. The van der Waals surface area contributed by atoms with Gasteiger partial charge in [0.25, 0.3) is 0 Å². The van der Waals surface area contributed by atoms with E-state index >= 15 is 0 Å². The first-order valence-electron chi connectivity index (χ1n) is 6.97. The maximum Gasteiger partial charge on any atom is 0.193 e. The largest absolute Gasteiger partial charge is 0.356 e. The summed E-state index contributed by atoms with van der Waals surface area (Å²) in [6, 6.07) is 5.58. The summed E-state index contributed by atoms with van der Waals surface area (Å²) in [7, 11) is 3.64. The predicted molar refractivity (Wildman–Crippen MR) is 103 cm³/mol. The van der Waals surface area contributed by atoms with Gasteiger partial charge in [0, 0.05) is 27.2 Å². The van der Waals surface area contributed by atoms with Crippen LogP contribution in [-0.4, -0.2) is 31.5 Å². The minimum absolute atomic E-state index is 0. The first-order valence-corrected chi connectivity index (χ1v) is 7.91. The second-order valence-corrected chi connectivity index (χ2v) is 5.73. The van der Waals surface area contributed by atoms with E-state index in [0.29, 0.717) is 18.5 Å². The minimum atomic E-state index is -0.421. The van der Waals surface area contributed by atoms with Crippen molar-refractivity contribution in [2.75, 3.05) is 20.6 Å². The lowest BCUT2D eigenvalue weighted by Gasteiger charge is -2.21. The lowest BCUT2D eigenvalue weighted by atomic mass is 10.1. The molecule has 126 valence electrons. The van der Waals surface area contributed by atoms with Gasteiger partial charge in [0.05, 0.1) is 0 Å². The molecule has 0 aliphatic rings. The first kappa shape index (κ1) is 19.8. The van der Waals surface area contributed by atoms with E-state index in [-0.39, 0.29) is 29.8 Å². The molecular weight excluding hydrogens is 431 g/mol. The standard InChI is InChI=1S/C16H19F2N3S.HI/c1-19-16(21(2)10-12-6-8-22-11-12)20-7-5-13-9-14(17)3-4-15(13)18;/h3-4,6,8-9,11H,5,7,10H2,1-2H3,(H,19,20);1H. The lowest BCUT2D eigenvalue weighted by Crippen LogP contribution is -2.39. The number of benzene rings is 1. The summed E-state index contributed by atoms with van der Waals surface area (Å²) in [6.45, 7) is 1.23. The van der Waals surface area contributed by atoms with E-state index in [4.69, 9.17) is 0 Å². The second-order valence-electron chi connectivity index (χ2n) is 4.95. The van der Waals surface area contributed by atoms with E-state index in [9.17, 15) is 8.78 Å². The Balaban J connectivity index is 0.00000264. The molecule has 1 aromatic heterocycles. The number of aliphatic imine (C=N–C) groups is 1. The fourth-order valence-electron chi connectivity index (χ4n) is 2.16. The van der Waals surface area contributed by atoms with Crippen molar-refractivity contribution < 1.29 is 8.78 Å². The molecule has 1 heterocycles. The molecule has 2 aromatic rings. The van der Waals surface area contributed by atoms with Crippen LogP contribution in [0.1, 0.15) is 11.1 Å². The number of guanidine groups is 1. The van der Waals surface area contributed by atoms with Crippen molar-refractivity contribution in [3.8, 4) is 0 Å². The molecule has 0 saturated heterocycles. The van der Waals surface area contributed by atoms with Crippen molar-refractivity contribution in [1.82, 2.24) is 10.2 Å². The van der Waals surface area contributed by atoms with Crippen molar-refractivity contribution in [2.24, 2.45) is 4.99 Å². The lowest BCUT2D eigenvalue weighted by molar-refractivity contribution is 0.477. The molecule has 0 aliphatic heterocycles. The summed E-state index contributed by atoms with van der Waals surface area (Å²) in [5, 5.41) is 7.29. The highest BCUT2D eigenvalue weighted by Gasteiger charge is 2.08. The van der Waals surface area contributed by atoms with Crippen LogP contribution in [0.4, 0.5) is 8.78 Å². The molecule has 0 bridgehead atoms. The Morgan fingerprint density at radius 3 is 2.74 bits per heavy atom. The van der Waals surface area contributed by atoms with Gasteiger partial charge in [-0.05, 0) is 52.6 Å². The van der Waals surface area contributed by atoms with Crippen molar-refractivity contribution in [2.45, 2.75) is 13.0 Å². The van der Waals surface area contributed by atoms with Crippen LogP contribution in [0.2, 0.25) is 0 Å². The Morgan fingerprint density at radius 1 is 1.30 bits per heavy atom. The van der Waals surface area contributed by atoms with Crippen LogP contribution in [0.15, 0.2) is 40.0 Å². The zero-order valence-corrected chi connectivity index (χ0v) is 16.2. The van der Waals surface area contributed by atoms with Crippen molar-refractivity contribution in [1.29, 1.82) is 0 Å². The van der Waals surface area contributed by atoms with E-state index in [1.54, 1.807) is 18.4 Å². The van der Waals surface area contributed by atoms with E-state index in [2.05, 4.69) is 21.8 Å². The van der Waals surface area contributed by atoms with Crippen molar-refractivity contribution in [3.63, 3.8) is 0 Å². The quantitative estimate of drug-likeness (QED) is 0.425. The van der Waals surface area contributed by atoms with E-state index in [0.717, 1.165) is 24.6 Å². The van der Waals surface area contributed by atoms with Gasteiger partial charge in [-0.1, -0.05) is 0 Å². The normalized spacial score (nSPS) is 11.0. The SMILES string of the molecule is CN=C(NCCc1cc(F)ccc1F)N(C)Cc1ccsc1.I. The molecule has 23 heavy (non-hydrogen) atoms. The van der Waals surface area contributed by atoms with Gasteiger partial charge in [0.1, 0.15) is 11.6 Å². The van der Waals surface area contributed by atoms with Gasteiger partial charge in [-0.15, -0.1) is 24.0 Å². The molecule has 3 nitrogen and oxygen atoms in total. The Morgan fingerprint density at radius 2 is 2.09 bits per heavy atom. The van der Waals surface area contributed by atoms with Gasteiger partial charge in [-0.3, -0.25) is 4.99 Å². The summed E-state index contributed by atoms with van der Waals surface area (Å²) >= 11 is 1.65. The molecule has 7 heteroatoms. The molecule has 2 rings (SSSR count). The summed E-state index contributed by atoms with van der Waals surface area (Å²) in [5.41, 5.74) is 1.58. The number of nitrogens with zero attached hydrogens (tertiary/aromatic N) is 2. The Hall–Kier alpha value is -1.22. The van der Waals surface area contributed by atoms with Gasteiger partial charge >= 0.3 is 0 Å². The third-order valence-corrected chi connectivity index (χ3v) is 3.99. The van der Waals surface area contributed by atoms with Gasteiger partial charge in [0.15, 0.2) is 5.96 Å². The van der Waals surface area contributed by atoms with Gasteiger partial charge in [-0.2, -0.15) is 11.3 Å². The molecule has 1 N–H and O–H groups in total. The van der Waals surface area contributed by atoms with Crippen LogP contribution in [0.3, 0.4) is 0 Å². The average molecular weight is 451 g/mol. The number of thiophene rings is 1. The molecule has 0 aliphatic carbocycles. The molecule has 0 atom stereocenters. The highest BCUT2D eigenvalue weighted by atomic mass is 127. The van der Waals surface area contributed by atoms with Crippen LogP contribution in [0.25, 0.3) is 0 Å². The topological polar surface area (TPSA) is 27.6 Å². The van der Waals surface area contributed by atoms with E-state index in [1.165, 1.54) is 11.6 Å². The monoisotopic (exact) mass is 451 g/mol. The number of hydrogen-bond acceptors (Lipinski definition) is 2. The molecule has 0 radical (unpaired) electrons. The fourth-order valence-corrected chi connectivity index (χ4v) is 2.82. The average Bonchev–Trinajstić information content (AvgIpc) is 2.99. The van der Waals surface area contributed by atoms with Crippen LogP contribution >= 0.6 is 35.3 Å². The van der Waals surface area contributed by atoms with Gasteiger partial charge in [0.2, 0.25) is 0 Å². The number of halogens is 3. The molecule has 0 fully saturated rings. The van der Waals surface area contributed by atoms with Crippen molar-refractivity contribution in [3.05, 3.63) is 57.8 Å². The first-order chi connectivity index (χ1) is 10.6. The smallest absolute Gasteiger partial charge is 0.193 e.